The molecule has 3 rings (SSSR count). The van der Waals surface area contributed by atoms with Crippen molar-refractivity contribution in [3.05, 3.63) is 47.8 Å². The average Bonchev–Trinajstić information content (AvgIpc) is 4.06. The molecule has 1 aromatic carbocycles. The summed E-state index contributed by atoms with van der Waals surface area (Å²) in [5, 5.41) is 38.6. The number of carbonyl (C=O) groups is 9. The molecule has 0 bridgehead atoms. The highest BCUT2D eigenvalue weighted by Crippen LogP contribution is 2.22. The van der Waals surface area contributed by atoms with E-state index in [0.29, 0.717) is 44.2 Å². The number of unbranched alkanes of at least 4 members (excludes halogenated alkanes) is 2. The highest BCUT2D eigenvalue weighted by molar-refractivity contribution is 5.99. The number of likely N-dealkylation sites (tertiary alicyclic amines) is 1. The van der Waals surface area contributed by atoms with E-state index in [1.807, 2.05) is 18.2 Å². The van der Waals surface area contributed by atoms with Crippen molar-refractivity contribution in [1.29, 1.82) is 0 Å². The molecule has 422 valence electrons. The van der Waals surface area contributed by atoms with Crippen LogP contribution < -0.4 is 77.4 Å². The monoisotopic (exact) mass is 1070 g/mol. The number of carboxylic acid groups (broad SMARTS) is 1. The van der Waals surface area contributed by atoms with Crippen molar-refractivity contribution in [3.8, 4) is 0 Å². The Labute approximate surface area is 440 Å². The number of guanidine groups is 1. The number of nitrogens with one attached hydrogen (secondary N) is 8. The van der Waals surface area contributed by atoms with Crippen molar-refractivity contribution in [1.82, 2.24) is 47.1 Å². The first kappa shape index (κ1) is 63.1. The number of aliphatic hydroxyl groups is 1. The molecule has 76 heavy (non-hydrogen) atoms. The number of carbonyl (C=O) groups excluding carboxylic acids is 8. The van der Waals surface area contributed by atoms with Crippen LogP contribution in [0, 0.1) is 0 Å². The molecule has 24 N–H and O–H groups in total. The van der Waals surface area contributed by atoms with E-state index in [0.717, 1.165) is 10.9 Å². The fourth-order valence-corrected chi connectivity index (χ4v) is 8.24. The summed E-state index contributed by atoms with van der Waals surface area (Å²) in [5.74, 6) is -7.92. The molecule has 0 radical (unpaired) electrons. The molecule has 1 fully saturated rings. The summed E-state index contributed by atoms with van der Waals surface area (Å²) in [4.78, 5) is 129. The van der Waals surface area contributed by atoms with Gasteiger partial charge in [-0.05, 0) is 102 Å². The average molecular weight is 1070 g/mol. The van der Waals surface area contributed by atoms with Crippen LogP contribution in [0.15, 0.2) is 47.2 Å². The number of hydrogen-bond donors (Lipinski definition) is 17. The van der Waals surface area contributed by atoms with Crippen molar-refractivity contribution in [2.45, 2.75) is 132 Å². The summed E-state index contributed by atoms with van der Waals surface area (Å²) >= 11 is 0. The number of aromatic amines is 1. The van der Waals surface area contributed by atoms with Crippen LogP contribution in [0.25, 0.3) is 10.9 Å². The fraction of sp³-hybridized carbons (Fsp3) is 0.583. The number of nitrogens with two attached hydrogens (primary N) is 7. The van der Waals surface area contributed by atoms with Crippen molar-refractivity contribution in [2.75, 3.05) is 45.8 Å². The van der Waals surface area contributed by atoms with Gasteiger partial charge in [0, 0.05) is 43.2 Å². The lowest BCUT2D eigenvalue weighted by atomic mass is 10.0. The van der Waals surface area contributed by atoms with E-state index in [4.69, 9.17) is 40.1 Å². The van der Waals surface area contributed by atoms with Crippen molar-refractivity contribution in [3.63, 3.8) is 0 Å². The predicted molar refractivity (Wildman–Crippen MR) is 281 cm³/mol. The third-order valence-electron chi connectivity index (χ3n) is 12.4. The number of aliphatic carboxylic acids is 1. The zero-order valence-corrected chi connectivity index (χ0v) is 43.0. The van der Waals surface area contributed by atoms with Crippen LogP contribution in [0.5, 0.6) is 0 Å². The number of hydrogen-bond acceptors (Lipinski definition) is 16. The highest BCUT2D eigenvalue weighted by Gasteiger charge is 2.40. The molecular weight excluding hydrogens is 991 g/mol. The molecule has 1 aliphatic heterocycles. The van der Waals surface area contributed by atoms with Gasteiger partial charge in [-0.25, -0.2) is 4.79 Å². The SMILES string of the molecule is C[C@H](NC(=O)[C@@H](NC(=O)[C@@H](N)CCCCN)[C@@H](O)CN)C(=O)NCC(=O)N[C@H](CCCN)C(=O)N1CCC[C@H]1C(=O)N[C@@H](Cc1c[nH]c2ccccc12)C(=O)N[C@@H](CCCCN)C(=O)N/C(=C\CCN=C(N)N)C(=O)O. The first-order valence-corrected chi connectivity index (χ1v) is 25.4. The molecule has 8 atom stereocenters. The fourth-order valence-electron chi connectivity index (χ4n) is 8.24. The first-order chi connectivity index (χ1) is 36.3. The largest absolute Gasteiger partial charge is 0.477 e. The molecule has 0 unspecified atom stereocenters. The van der Waals surface area contributed by atoms with E-state index >= 15 is 0 Å². The van der Waals surface area contributed by atoms with Crippen molar-refractivity contribution < 1.29 is 53.4 Å². The van der Waals surface area contributed by atoms with E-state index in [1.54, 1.807) is 12.3 Å². The predicted octanol–water partition coefficient (Wildman–Crippen LogP) is -5.35. The minimum atomic E-state index is -1.56. The van der Waals surface area contributed by atoms with Crippen molar-refractivity contribution >= 4 is 70.1 Å². The summed E-state index contributed by atoms with van der Waals surface area (Å²) < 4.78 is 0. The van der Waals surface area contributed by atoms with Gasteiger partial charge < -0.3 is 97.5 Å². The number of amides is 8. The van der Waals surface area contributed by atoms with E-state index in [1.165, 1.54) is 17.9 Å². The topological polar surface area (TPSA) is 492 Å². The van der Waals surface area contributed by atoms with Gasteiger partial charge in [-0.1, -0.05) is 30.7 Å². The number of H-pyrrole nitrogens is 1. The lowest BCUT2D eigenvalue weighted by Crippen LogP contribution is -2.60. The summed E-state index contributed by atoms with van der Waals surface area (Å²) in [5.41, 5.74) is 40.2. The van der Waals surface area contributed by atoms with Gasteiger partial charge >= 0.3 is 5.97 Å². The van der Waals surface area contributed by atoms with Gasteiger partial charge in [-0.2, -0.15) is 0 Å². The van der Waals surface area contributed by atoms with Crippen LogP contribution in [0.3, 0.4) is 0 Å². The molecule has 28 nitrogen and oxygen atoms in total. The maximum Gasteiger partial charge on any atom is 0.352 e. The molecule has 1 aliphatic rings. The van der Waals surface area contributed by atoms with Crippen LogP contribution in [-0.2, 0) is 49.6 Å². The second-order valence-corrected chi connectivity index (χ2v) is 18.3. The Morgan fingerprint density at radius 2 is 1.46 bits per heavy atom. The molecule has 0 saturated carbocycles. The number of benzene rings is 1. The molecule has 1 saturated heterocycles. The van der Waals surface area contributed by atoms with E-state index in [9.17, 15) is 53.4 Å². The molecule has 8 amide bonds. The van der Waals surface area contributed by atoms with E-state index in [-0.39, 0.29) is 77.1 Å². The number of para-hydroxylation sites is 1. The highest BCUT2D eigenvalue weighted by atomic mass is 16.4. The summed E-state index contributed by atoms with van der Waals surface area (Å²) in [6, 6.07) is -1.54. The molecule has 2 aromatic rings. The van der Waals surface area contributed by atoms with Crippen LogP contribution in [0.1, 0.15) is 83.1 Å². The number of aliphatic hydroxyl groups excluding tert-OH is 1. The van der Waals surface area contributed by atoms with Gasteiger partial charge in [-0.3, -0.25) is 43.3 Å². The van der Waals surface area contributed by atoms with Crippen LogP contribution in [-0.4, -0.2) is 173 Å². The Morgan fingerprint density at radius 1 is 0.789 bits per heavy atom. The molecule has 0 spiro atoms. The lowest BCUT2D eigenvalue weighted by Gasteiger charge is -2.30. The van der Waals surface area contributed by atoms with Gasteiger partial charge in [0.2, 0.25) is 47.3 Å². The normalized spacial score (nSPS) is 16.2. The lowest BCUT2D eigenvalue weighted by molar-refractivity contribution is -0.142. The maximum absolute atomic E-state index is 14.4. The minimum absolute atomic E-state index is 0.0427. The van der Waals surface area contributed by atoms with Gasteiger partial charge in [0.15, 0.2) is 5.96 Å². The molecule has 0 aliphatic carbocycles. The number of fused-ring (bicyclic) bond motifs is 1. The summed E-state index contributed by atoms with van der Waals surface area (Å²) in [6.07, 6.45) is 4.57. The van der Waals surface area contributed by atoms with Crippen LogP contribution in [0.2, 0.25) is 0 Å². The zero-order valence-electron chi connectivity index (χ0n) is 43.0. The zero-order chi connectivity index (χ0) is 56.3. The molecular formula is C48H79N17O11. The van der Waals surface area contributed by atoms with Crippen LogP contribution in [0.4, 0.5) is 0 Å². The van der Waals surface area contributed by atoms with Gasteiger partial charge in [0.25, 0.3) is 0 Å². The van der Waals surface area contributed by atoms with Gasteiger partial charge in [0.05, 0.1) is 18.7 Å². The Balaban J connectivity index is 1.78. The van der Waals surface area contributed by atoms with E-state index < -0.39 is 120 Å². The minimum Gasteiger partial charge on any atom is -0.477 e. The Hall–Kier alpha value is -7.24. The standard InChI is InChI=1S/C48H79N17O11/c1-27(59-45(73)39(37(66)24-52)64-41(69)30(53)12-4-6-18-49)40(68)58-26-38(67)60-33(15-8-20-51)46(74)65-22-10-17-36(65)44(72)63-35(23-28-25-57-31-13-3-2-11-29(28)31)43(71)61-32(14-5-7-19-50)42(70)62-34(47(75)76)16-9-21-56-48(54)55/h2-3,11,13,16,25,27,30,32-33,35-37,39,57,66H,4-10,12,14-15,17-24,26,49-53H2,1H3,(H,58,68)(H,59,73)(H,60,67)(H,61,71)(H,62,70)(H,63,72)(H,64,69)(H,75,76)(H4,54,55,56)/b34-16-/t27-,30-,32-,33+,35-,36-,37-,39-/m0/s1. The number of aromatic nitrogens is 1. The summed E-state index contributed by atoms with van der Waals surface area (Å²) in [7, 11) is 0. The molecule has 1 aromatic heterocycles. The Morgan fingerprint density at radius 3 is 2.12 bits per heavy atom. The second kappa shape index (κ2) is 32.9. The third-order valence-corrected chi connectivity index (χ3v) is 12.4. The van der Waals surface area contributed by atoms with Gasteiger partial charge in [0.1, 0.15) is 41.9 Å². The first-order valence-electron chi connectivity index (χ1n) is 25.4. The Kier molecular flexibility index (Phi) is 27.3. The van der Waals surface area contributed by atoms with E-state index in [2.05, 4.69) is 47.2 Å². The number of carboxylic acids is 1. The number of aliphatic imine (C=N–C) groups is 1. The number of nitrogens with zero attached hydrogens (tertiary/aromatic N) is 2. The van der Waals surface area contributed by atoms with Gasteiger partial charge in [-0.15, -0.1) is 0 Å². The quantitative estimate of drug-likeness (QED) is 0.0135. The molecule has 28 heteroatoms. The second-order valence-electron chi connectivity index (χ2n) is 18.3. The maximum atomic E-state index is 14.4. The van der Waals surface area contributed by atoms with Crippen molar-refractivity contribution in [2.24, 2.45) is 45.1 Å². The van der Waals surface area contributed by atoms with Crippen LogP contribution >= 0.6 is 0 Å². The third kappa shape index (κ3) is 20.5. The Bertz CT molecular complexity index is 2340. The smallest absolute Gasteiger partial charge is 0.352 e. The molecule has 2 heterocycles. The summed E-state index contributed by atoms with van der Waals surface area (Å²) in [6.45, 7) is 1.20. The number of rotatable bonds is 34.